The van der Waals surface area contributed by atoms with Crippen LogP contribution in [0.15, 0.2) is 36.7 Å². The molecule has 7 heteroatoms. The van der Waals surface area contributed by atoms with Gasteiger partial charge in [-0.15, -0.1) is 0 Å². The number of rotatable bonds is 4. The number of nitrogens with zero attached hydrogens (tertiary/aromatic N) is 3. The molecule has 0 atom stereocenters. The molecule has 1 aliphatic rings. The number of nitrogens with one attached hydrogen (secondary N) is 1. The summed E-state index contributed by atoms with van der Waals surface area (Å²) in [6, 6.07) is 7.17. The summed E-state index contributed by atoms with van der Waals surface area (Å²) >= 11 is 0. The molecule has 3 aromatic rings. The number of ether oxygens (including phenoxy) is 1. The fraction of sp³-hybridized carbons (Fsp3) is 0.333. The Hall–Kier alpha value is -3.22. The molecule has 0 saturated carbocycles. The fourth-order valence-corrected chi connectivity index (χ4v) is 3.59. The second-order valence-corrected chi connectivity index (χ2v) is 7.76. The Morgan fingerprint density at radius 1 is 1.21 bits per heavy atom. The Labute approximate surface area is 162 Å². The van der Waals surface area contributed by atoms with Crippen molar-refractivity contribution in [3.8, 4) is 5.75 Å². The normalized spacial score (nSPS) is 15.3. The zero-order valence-corrected chi connectivity index (χ0v) is 16.2. The highest BCUT2D eigenvalue weighted by molar-refractivity contribution is 6.08. The van der Waals surface area contributed by atoms with Gasteiger partial charge in [-0.2, -0.15) is 5.10 Å². The number of ketones is 1. The van der Waals surface area contributed by atoms with Gasteiger partial charge in [-0.3, -0.25) is 9.59 Å². The third-order valence-corrected chi connectivity index (χ3v) is 4.88. The van der Waals surface area contributed by atoms with Crippen molar-refractivity contribution < 1.29 is 14.3 Å². The molecule has 4 rings (SSSR count). The van der Waals surface area contributed by atoms with E-state index in [1.165, 1.54) is 6.20 Å². The van der Waals surface area contributed by atoms with E-state index in [0.29, 0.717) is 41.9 Å². The lowest BCUT2D eigenvalue weighted by atomic mass is 9.76. The highest BCUT2D eigenvalue weighted by atomic mass is 16.5. The van der Waals surface area contributed by atoms with E-state index >= 15 is 0 Å². The predicted molar refractivity (Wildman–Crippen MR) is 105 cm³/mol. The topological polar surface area (TPSA) is 85.6 Å². The van der Waals surface area contributed by atoms with Gasteiger partial charge in [-0.1, -0.05) is 13.8 Å². The summed E-state index contributed by atoms with van der Waals surface area (Å²) in [5.41, 5.74) is 2.73. The van der Waals surface area contributed by atoms with Crippen LogP contribution >= 0.6 is 0 Å². The Morgan fingerprint density at radius 3 is 2.68 bits per heavy atom. The third kappa shape index (κ3) is 3.24. The van der Waals surface area contributed by atoms with Gasteiger partial charge in [0.25, 0.3) is 5.91 Å². The van der Waals surface area contributed by atoms with E-state index in [4.69, 9.17) is 4.74 Å². The average Bonchev–Trinajstić information content (AvgIpc) is 3.07. The minimum absolute atomic E-state index is 0.0662. The van der Waals surface area contributed by atoms with Crippen LogP contribution in [0.3, 0.4) is 0 Å². The average molecular weight is 378 g/mol. The first-order valence-electron chi connectivity index (χ1n) is 9.31. The Morgan fingerprint density at radius 2 is 1.96 bits per heavy atom. The summed E-state index contributed by atoms with van der Waals surface area (Å²) in [5.74, 6) is 0.515. The number of carbonyl (C=O) groups excluding carboxylic acids is 2. The van der Waals surface area contributed by atoms with E-state index in [1.54, 1.807) is 35.0 Å². The van der Waals surface area contributed by atoms with E-state index in [0.717, 1.165) is 11.4 Å². The zero-order chi connectivity index (χ0) is 19.9. The predicted octanol–water partition coefficient (Wildman–Crippen LogP) is 3.54. The molecule has 2 aromatic heterocycles. The molecule has 0 unspecified atom stereocenters. The molecule has 1 amide bonds. The van der Waals surface area contributed by atoms with Gasteiger partial charge in [0.05, 0.1) is 24.1 Å². The number of aromatic nitrogens is 3. The maximum Gasteiger partial charge on any atom is 0.261 e. The Bertz CT molecular complexity index is 1070. The van der Waals surface area contributed by atoms with E-state index in [-0.39, 0.29) is 17.1 Å². The number of benzene rings is 1. The Balaban J connectivity index is 1.65. The van der Waals surface area contributed by atoms with Crippen LogP contribution < -0.4 is 10.1 Å². The molecule has 2 heterocycles. The molecule has 28 heavy (non-hydrogen) atoms. The van der Waals surface area contributed by atoms with Crippen molar-refractivity contribution in [2.24, 2.45) is 5.41 Å². The molecule has 0 radical (unpaired) electrons. The second-order valence-electron chi connectivity index (χ2n) is 7.76. The molecular weight excluding hydrogens is 356 g/mol. The highest BCUT2D eigenvalue weighted by Crippen LogP contribution is 2.34. The minimum atomic E-state index is -0.298. The maximum absolute atomic E-state index is 12.8. The van der Waals surface area contributed by atoms with Gasteiger partial charge >= 0.3 is 0 Å². The lowest BCUT2D eigenvalue weighted by molar-refractivity contribution is 0.0908. The van der Waals surface area contributed by atoms with Crippen molar-refractivity contribution in [3.63, 3.8) is 0 Å². The smallest absolute Gasteiger partial charge is 0.261 e. The van der Waals surface area contributed by atoms with Gasteiger partial charge in [0, 0.05) is 18.3 Å². The number of hydrogen-bond acceptors (Lipinski definition) is 5. The molecule has 1 aromatic carbocycles. The summed E-state index contributed by atoms with van der Waals surface area (Å²) in [6.07, 6.45) is 4.25. The SMILES string of the molecule is CCOc1ccc(NC(=O)c2cnn3c4c(cnc23)C(=O)CC(C)(C)C4)cc1. The number of Topliss-reactive ketones (excluding diaryl/α,β-unsaturated/α-hetero) is 1. The van der Waals surface area contributed by atoms with Crippen LogP contribution in [0.1, 0.15) is 53.6 Å². The van der Waals surface area contributed by atoms with Crippen molar-refractivity contribution in [1.82, 2.24) is 14.6 Å². The monoisotopic (exact) mass is 378 g/mol. The fourth-order valence-electron chi connectivity index (χ4n) is 3.59. The summed E-state index contributed by atoms with van der Waals surface area (Å²) in [7, 11) is 0. The van der Waals surface area contributed by atoms with Crippen molar-refractivity contribution in [2.45, 2.75) is 33.6 Å². The highest BCUT2D eigenvalue weighted by Gasteiger charge is 2.33. The van der Waals surface area contributed by atoms with Crippen LogP contribution in [0, 0.1) is 5.41 Å². The number of anilines is 1. The number of fused-ring (bicyclic) bond motifs is 3. The van der Waals surface area contributed by atoms with Gasteiger partial charge < -0.3 is 10.1 Å². The lowest BCUT2D eigenvalue weighted by Gasteiger charge is -2.29. The molecular formula is C21H22N4O3. The van der Waals surface area contributed by atoms with Crippen LogP contribution in [0.5, 0.6) is 5.75 Å². The second kappa shape index (κ2) is 6.74. The molecule has 144 valence electrons. The third-order valence-electron chi connectivity index (χ3n) is 4.88. The van der Waals surface area contributed by atoms with Gasteiger partial charge in [0.1, 0.15) is 11.3 Å². The van der Waals surface area contributed by atoms with Crippen LogP contribution in [-0.2, 0) is 6.42 Å². The van der Waals surface area contributed by atoms with E-state index in [9.17, 15) is 9.59 Å². The van der Waals surface area contributed by atoms with Crippen molar-refractivity contribution in [2.75, 3.05) is 11.9 Å². The van der Waals surface area contributed by atoms with Gasteiger partial charge in [-0.25, -0.2) is 9.50 Å². The first kappa shape index (κ1) is 18.2. The first-order chi connectivity index (χ1) is 13.4. The van der Waals surface area contributed by atoms with E-state index in [1.807, 2.05) is 6.92 Å². The summed E-state index contributed by atoms with van der Waals surface area (Å²) in [6.45, 7) is 6.62. The van der Waals surface area contributed by atoms with Gasteiger partial charge in [-0.05, 0) is 43.0 Å². The van der Waals surface area contributed by atoms with Crippen LogP contribution in [0.2, 0.25) is 0 Å². The molecule has 0 saturated heterocycles. The number of hydrogen-bond donors (Lipinski definition) is 1. The number of amides is 1. The maximum atomic E-state index is 12.8. The summed E-state index contributed by atoms with van der Waals surface area (Å²) in [5, 5.41) is 7.21. The summed E-state index contributed by atoms with van der Waals surface area (Å²) in [4.78, 5) is 29.5. The largest absolute Gasteiger partial charge is 0.494 e. The van der Waals surface area contributed by atoms with Crippen LogP contribution in [0.25, 0.3) is 5.65 Å². The molecule has 7 nitrogen and oxygen atoms in total. The lowest BCUT2D eigenvalue weighted by Crippen LogP contribution is -2.29. The first-order valence-corrected chi connectivity index (χ1v) is 9.31. The van der Waals surface area contributed by atoms with Crippen LogP contribution in [0.4, 0.5) is 5.69 Å². The molecule has 1 aliphatic carbocycles. The van der Waals surface area contributed by atoms with Crippen molar-refractivity contribution >= 4 is 23.0 Å². The van der Waals surface area contributed by atoms with Gasteiger partial charge in [0.15, 0.2) is 11.4 Å². The van der Waals surface area contributed by atoms with E-state index < -0.39 is 0 Å². The summed E-state index contributed by atoms with van der Waals surface area (Å²) < 4.78 is 7.04. The molecule has 0 bridgehead atoms. The van der Waals surface area contributed by atoms with Crippen molar-refractivity contribution in [3.05, 3.63) is 53.5 Å². The molecule has 0 spiro atoms. The van der Waals surface area contributed by atoms with Crippen LogP contribution in [-0.4, -0.2) is 32.9 Å². The van der Waals surface area contributed by atoms with Gasteiger partial charge in [0.2, 0.25) is 0 Å². The standard InChI is InChI=1S/C21H22N4O3/c1-4-28-14-7-5-13(6-8-14)24-20(27)16-12-23-25-17-9-21(2,3)10-18(26)15(17)11-22-19(16)25/h5-8,11-12H,4,9-10H2,1-3H3,(H,24,27). The minimum Gasteiger partial charge on any atom is -0.494 e. The molecule has 0 fully saturated rings. The Kier molecular flexibility index (Phi) is 4.37. The van der Waals surface area contributed by atoms with E-state index in [2.05, 4.69) is 29.2 Å². The van der Waals surface area contributed by atoms with Crippen molar-refractivity contribution in [1.29, 1.82) is 0 Å². The number of carbonyl (C=O) groups is 2. The molecule has 0 aliphatic heterocycles. The quantitative estimate of drug-likeness (QED) is 0.751. The molecule has 1 N–H and O–H groups in total. The zero-order valence-electron chi connectivity index (χ0n) is 16.2.